The van der Waals surface area contributed by atoms with Crippen LogP contribution in [0.1, 0.15) is 18.4 Å². The summed E-state index contributed by atoms with van der Waals surface area (Å²) in [5.74, 6) is 0. The molecule has 1 aromatic rings. The molecule has 0 saturated heterocycles. The summed E-state index contributed by atoms with van der Waals surface area (Å²) in [4.78, 5) is 3.95. The number of aromatic nitrogens is 1. The van der Waals surface area contributed by atoms with Gasteiger partial charge in [0, 0.05) is 25.9 Å². The number of pyridine rings is 1. The maximum Gasteiger partial charge on any atom is 0.0920 e. The predicted octanol–water partition coefficient (Wildman–Crippen LogP) is 0.740. The van der Waals surface area contributed by atoms with Crippen molar-refractivity contribution in [1.82, 2.24) is 4.98 Å². The van der Waals surface area contributed by atoms with E-state index in [-0.39, 0.29) is 0 Å². The normalized spacial score (nSPS) is 14.7. The first-order valence-corrected chi connectivity index (χ1v) is 5.50. The molecule has 1 aromatic heterocycles. The molecule has 0 saturated carbocycles. The van der Waals surface area contributed by atoms with Gasteiger partial charge >= 0.3 is 0 Å². The minimum atomic E-state index is -0.824. The zero-order valence-corrected chi connectivity index (χ0v) is 9.72. The van der Waals surface area contributed by atoms with E-state index >= 15 is 0 Å². The number of nitrogens with two attached hydrogens (primary N) is 1. The van der Waals surface area contributed by atoms with Crippen LogP contribution < -0.4 is 5.73 Å². The highest BCUT2D eigenvalue weighted by Gasteiger charge is 2.26. The summed E-state index contributed by atoms with van der Waals surface area (Å²) in [6, 6.07) is 3.81. The van der Waals surface area contributed by atoms with Gasteiger partial charge in [-0.25, -0.2) is 0 Å². The molecule has 90 valence electrons. The van der Waals surface area contributed by atoms with Crippen molar-refractivity contribution in [1.29, 1.82) is 0 Å². The Labute approximate surface area is 96.5 Å². The van der Waals surface area contributed by atoms with Gasteiger partial charge in [-0.2, -0.15) is 0 Å². The Morgan fingerprint density at radius 2 is 2.12 bits per heavy atom. The van der Waals surface area contributed by atoms with Gasteiger partial charge in [-0.1, -0.05) is 0 Å². The Morgan fingerprint density at radius 3 is 2.69 bits per heavy atom. The number of nitrogens with zero attached hydrogens (tertiary/aromatic N) is 1. The lowest BCUT2D eigenvalue weighted by molar-refractivity contribution is -0.0375. The van der Waals surface area contributed by atoms with Crippen LogP contribution in [0.2, 0.25) is 0 Å². The maximum atomic E-state index is 10.4. The monoisotopic (exact) mass is 224 g/mol. The first-order valence-electron chi connectivity index (χ1n) is 5.50. The molecule has 0 aliphatic carbocycles. The zero-order valence-electron chi connectivity index (χ0n) is 9.72. The third-order valence-electron chi connectivity index (χ3n) is 2.54. The highest BCUT2D eigenvalue weighted by molar-refractivity contribution is 5.13. The molecule has 3 N–H and O–H groups in total. The molecular formula is C12H20N2O2. The number of aliphatic hydroxyl groups is 1. The van der Waals surface area contributed by atoms with Crippen LogP contribution in [-0.2, 0) is 11.2 Å². The van der Waals surface area contributed by atoms with E-state index in [0.29, 0.717) is 26.0 Å². The standard InChI is InChI=1S/C12H20N2O2/c1-16-10-12(15,5-2-6-13)9-11-3-7-14-8-4-11/h3-4,7-8,15H,2,5-6,9-10,13H2,1H3. The molecule has 0 amide bonds. The van der Waals surface area contributed by atoms with Crippen LogP contribution in [0, 0.1) is 0 Å². The Bertz CT molecular complexity index is 292. The summed E-state index contributed by atoms with van der Waals surface area (Å²) < 4.78 is 5.07. The molecule has 16 heavy (non-hydrogen) atoms. The summed E-state index contributed by atoms with van der Waals surface area (Å²) in [5, 5.41) is 10.4. The molecule has 1 rings (SSSR count). The minimum Gasteiger partial charge on any atom is -0.387 e. The Balaban J connectivity index is 2.62. The van der Waals surface area contributed by atoms with Crippen molar-refractivity contribution in [3.8, 4) is 0 Å². The number of ether oxygens (including phenoxy) is 1. The van der Waals surface area contributed by atoms with E-state index in [9.17, 15) is 5.11 Å². The van der Waals surface area contributed by atoms with Gasteiger partial charge in [0.15, 0.2) is 0 Å². The maximum absolute atomic E-state index is 10.4. The van der Waals surface area contributed by atoms with Crippen molar-refractivity contribution >= 4 is 0 Å². The molecule has 0 aliphatic heterocycles. The van der Waals surface area contributed by atoms with Gasteiger partial charge in [-0.15, -0.1) is 0 Å². The van der Waals surface area contributed by atoms with Crippen LogP contribution in [-0.4, -0.2) is 36.0 Å². The van der Waals surface area contributed by atoms with E-state index < -0.39 is 5.60 Å². The van der Waals surface area contributed by atoms with Crippen molar-refractivity contribution in [2.24, 2.45) is 5.73 Å². The quantitative estimate of drug-likeness (QED) is 0.717. The number of methoxy groups -OCH3 is 1. The van der Waals surface area contributed by atoms with E-state index in [1.165, 1.54) is 0 Å². The molecule has 1 heterocycles. The second-order valence-electron chi connectivity index (χ2n) is 4.08. The van der Waals surface area contributed by atoms with E-state index in [4.69, 9.17) is 10.5 Å². The van der Waals surface area contributed by atoms with E-state index in [1.807, 2.05) is 12.1 Å². The lowest BCUT2D eigenvalue weighted by Crippen LogP contribution is -2.37. The molecule has 0 radical (unpaired) electrons. The van der Waals surface area contributed by atoms with Crippen LogP contribution in [0.25, 0.3) is 0 Å². The number of rotatable bonds is 7. The minimum absolute atomic E-state index is 0.329. The fourth-order valence-electron chi connectivity index (χ4n) is 1.79. The van der Waals surface area contributed by atoms with Gasteiger partial charge in [0.05, 0.1) is 12.2 Å². The van der Waals surface area contributed by atoms with Crippen molar-refractivity contribution < 1.29 is 9.84 Å². The van der Waals surface area contributed by atoms with Gasteiger partial charge in [0.25, 0.3) is 0 Å². The molecule has 0 spiro atoms. The van der Waals surface area contributed by atoms with Crippen LogP contribution in [0.3, 0.4) is 0 Å². The Morgan fingerprint density at radius 1 is 1.44 bits per heavy atom. The smallest absolute Gasteiger partial charge is 0.0920 e. The largest absolute Gasteiger partial charge is 0.387 e. The average Bonchev–Trinajstić information content (AvgIpc) is 2.28. The molecule has 0 aliphatic rings. The van der Waals surface area contributed by atoms with Crippen LogP contribution in [0.4, 0.5) is 0 Å². The van der Waals surface area contributed by atoms with Gasteiger partial charge < -0.3 is 15.6 Å². The van der Waals surface area contributed by atoms with Gasteiger partial charge in [0.1, 0.15) is 0 Å². The van der Waals surface area contributed by atoms with Gasteiger partial charge in [0.2, 0.25) is 0 Å². The van der Waals surface area contributed by atoms with Crippen molar-refractivity contribution in [3.05, 3.63) is 30.1 Å². The van der Waals surface area contributed by atoms with Crippen LogP contribution >= 0.6 is 0 Å². The van der Waals surface area contributed by atoms with Gasteiger partial charge in [-0.3, -0.25) is 4.98 Å². The molecule has 4 heteroatoms. The highest BCUT2D eigenvalue weighted by Crippen LogP contribution is 2.19. The van der Waals surface area contributed by atoms with Crippen LogP contribution in [0.5, 0.6) is 0 Å². The molecule has 1 atom stereocenters. The first kappa shape index (κ1) is 13.1. The summed E-state index contributed by atoms with van der Waals surface area (Å²) >= 11 is 0. The first-order chi connectivity index (χ1) is 7.70. The summed E-state index contributed by atoms with van der Waals surface area (Å²) in [6.07, 6.45) is 5.48. The van der Waals surface area contributed by atoms with Crippen LogP contribution in [0.15, 0.2) is 24.5 Å². The van der Waals surface area contributed by atoms with E-state index in [1.54, 1.807) is 19.5 Å². The second-order valence-corrected chi connectivity index (χ2v) is 4.08. The summed E-state index contributed by atoms with van der Waals surface area (Å²) in [7, 11) is 1.60. The van der Waals surface area contributed by atoms with Crippen molar-refractivity contribution in [3.63, 3.8) is 0 Å². The molecular weight excluding hydrogens is 204 g/mol. The lowest BCUT2D eigenvalue weighted by Gasteiger charge is -2.27. The molecule has 0 bridgehead atoms. The predicted molar refractivity (Wildman–Crippen MR) is 63.1 cm³/mol. The fraction of sp³-hybridized carbons (Fsp3) is 0.583. The fourth-order valence-corrected chi connectivity index (χ4v) is 1.79. The molecule has 1 unspecified atom stereocenters. The van der Waals surface area contributed by atoms with Crippen molar-refractivity contribution in [2.75, 3.05) is 20.3 Å². The number of hydrogen-bond donors (Lipinski definition) is 2. The lowest BCUT2D eigenvalue weighted by atomic mass is 9.91. The molecule has 0 aromatic carbocycles. The van der Waals surface area contributed by atoms with E-state index in [0.717, 1.165) is 12.0 Å². The highest BCUT2D eigenvalue weighted by atomic mass is 16.5. The third-order valence-corrected chi connectivity index (χ3v) is 2.54. The number of hydrogen-bond acceptors (Lipinski definition) is 4. The average molecular weight is 224 g/mol. The summed E-state index contributed by atoms with van der Waals surface area (Å²) in [5.41, 5.74) is 5.70. The SMILES string of the molecule is COCC(O)(CCCN)Cc1ccncc1. The third kappa shape index (κ3) is 4.26. The van der Waals surface area contributed by atoms with Gasteiger partial charge in [-0.05, 0) is 37.1 Å². The Hall–Kier alpha value is -0.970. The topological polar surface area (TPSA) is 68.4 Å². The second kappa shape index (κ2) is 6.58. The summed E-state index contributed by atoms with van der Waals surface area (Å²) in [6.45, 7) is 0.914. The molecule has 0 fully saturated rings. The molecule has 4 nitrogen and oxygen atoms in total. The van der Waals surface area contributed by atoms with E-state index in [2.05, 4.69) is 4.98 Å². The zero-order chi connectivity index (χ0) is 11.9. The Kier molecular flexibility index (Phi) is 5.38. The van der Waals surface area contributed by atoms with Crippen molar-refractivity contribution in [2.45, 2.75) is 24.9 Å².